The van der Waals surface area contributed by atoms with Crippen molar-refractivity contribution >= 4 is 30.0 Å². The number of fused-ring (bicyclic) bond motifs is 1. The zero-order valence-electron chi connectivity index (χ0n) is 21.5. The minimum atomic E-state index is -0.175. The van der Waals surface area contributed by atoms with Crippen molar-refractivity contribution in [1.29, 1.82) is 0 Å². The Bertz CT molecular complexity index is 1150. The number of nitrogens with zero attached hydrogens (tertiary/aromatic N) is 1. The fourth-order valence-corrected chi connectivity index (χ4v) is 8.46. The van der Waals surface area contributed by atoms with Crippen molar-refractivity contribution in [2.75, 3.05) is 6.16 Å². The lowest BCUT2D eigenvalue weighted by Gasteiger charge is -2.41. The summed E-state index contributed by atoms with van der Waals surface area (Å²) in [4.78, 5) is 0. The molecular formula is C30H40NP. The van der Waals surface area contributed by atoms with Gasteiger partial charge in [0.25, 0.3) is 0 Å². The number of aryl methyl sites for hydroxylation is 1. The molecule has 0 aliphatic heterocycles. The van der Waals surface area contributed by atoms with Crippen LogP contribution in [0.25, 0.3) is 27.7 Å². The van der Waals surface area contributed by atoms with Gasteiger partial charge >= 0.3 is 0 Å². The zero-order chi connectivity index (χ0) is 23.8. The first-order valence-electron chi connectivity index (χ1n) is 11.6. The van der Waals surface area contributed by atoms with Gasteiger partial charge in [0.05, 0.1) is 11.2 Å². The molecule has 0 fully saturated rings. The number of rotatable bonds is 5. The number of hydrogen-bond donors (Lipinski definition) is 0. The van der Waals surface area contributed by atoms with E-state index in [4.69, 9.17) is 0 Å². The maximum Gasteiger partial charge on any atom is 0.0605 e. The summed E-state index contributed by atoms with van der Waals surface area (Å²) >= 11 is 0. The highest BCUT2D eigenvalue weighted by molar-refractivity contribution is 7.61. The summed E-state index contributed by atoms with van der Waals surface area (Å²) in [5.74, 6) is 0. The summed E-state index contributed by atoms with van der Waals surface area (Å²) in [6, 6.07) is 15.3. The maximum absolute atomic E-state index is 4.31. The van der Waals surface area contributed by atoms with Crippen LogP contribution in [0.3, 0.4) is 0 Å². The summed E-state index contributed by atoms with van der Waals surface area (Å²) in [5.41, 5.74) is 8.74. The van der Waals surface area contributed by atoms with Crippen molar-refractivity contribution in [3.05, 3.63) is 78.0 Å². The number of benzene rings is 2. The molecule has 1 heterocycles. The topological polar surface area (TPSA) is 4.93 Å². The number of aromatic nitrogens is 1. The molecule has 0 atom stereocenters. The molecule has 0 aliphatic carbocycles. The second-order valence-electron chi connectivity index (χ2n) is 11.0. The van der Waals surface area contributed by atoms with Gasteiger partial charge in [-0.25, -0.2) is 0 Å². The molecule has 0 radical (unpaired) electrons. The van der Waals surface area contributed by atoms with Crippen molar-refractivity contribution in [3.8, 4) is 5.69 Å². The van der Waals surface area contributed by atoms with Gasteiger partial charge in [-0.2, -0.15) is 0 Å². The SMILES string of the molecule is C=C(C)c1cccc(/C(C)=C\CP(C(C)(C)C)C(C)(C)C)c1-n1cc(C)c2ccccc21. The number of allylic oxidation sites excluding steroid dienone is 3. The van der Waals surface area contributed by atoms with Crippen LogP contribution in [0.5, 0.6) is 0 Å². The molecule has 0 saturated heterocycles. The summed E-state index contributed by atoms with van der Waals surface area (Å²) in [7, 11) is -0.175. The Hall–Kier alpha value is -2.11. The third kappa shape index (κ3) is 4.94. The van der Waals surface area contributed by atoms with Gasteiger partial charge in [-0.15, -0.1) is 0 Å². The first-order chi connectivity index (χ1) is 14.8. The van der Waals surface area contributed by atoms with Crippen LogP contribution in [0, 0.1) is 6.92 Å². The quantitative estimate of drug-likeness (QED) is 0.345. The smallest absolute Gasteiger partial charge is 0.0605 e. The monoisotopic (exact) mass is 445 g/mol. The van der Waals surface area contributed by atoms with Gasteiger partial charge in [0.1, 0.15) is 0 Å². The van der Waals surface area contributed by atoms with Crippen LogP contribution in [0.4, 0.5) is 0 Å². The third-order valence-electron chi connectivity index (χ3n) is 6.27. The fraction of sp³-hybridized carbons (Fsp3) is 0.400. The number of para-hydroxylation sites is 2. The van der Waals surface area contributed by atoms with E-state index < -0.39 is 0 Å². The first-order valence-corrected chi connectivity index (χ1v) is 13.2. The highest BCUT2D eigenvalue weighted by atomic mass is 31.1. The van der Waals surface area contributed by atoms with Crippen LogP contribution >= 0.6 is 7.92 Å². The average Bonchev–Trinajstić information content (AvgIpc) is 3.02. The molecule has 2 heteroatoms. The van der Waals surface area contributed by atoms with Crippen molar-refractivity contribution in [2.24, 2.45) is 0 Å². The van der Waals surface area contributed by atoms with E-state index in [-0.39, 0.29) is 7.92 Å². The normalized spacial score (nSPS) is 13.2. The Kier molecular flexibility index (Phi) is 6.92. The second-order valence-corrected chi connectivity index (χ2v) is 14.9. The Morgan fingerprint density at radius 2 is 1.50 bits per heavy atom. The summed E-state index contributed by atoms with van der Waals surface area (Å²) in [5, 5.41) is 1.95. The van der Waals surface area contributed by atoms with E-state index in [0.717, 1.165) is 11.7 Å². The molecule has 0 spiro atoms. The van der Waals surface area contributed by atoms with Crippen LogP contribution in [0.1, 0.15) is 72.1 Å². The highest BCUT2D eigenvalue weighted by Crippen LogP contribution is 2.59. The molecule has 0 amide bonds. The van der Waals surface area contributed by atoms with E-state index in [1.165, 1.54) is 38.9 Å². The molecule has 3 aromatic rings. The van der Waals surface area contributed by atoms with E-state index in [1.807, 2.05) is 0 Å². The van der Waals surface area contributed by atoms with Gasteiger partial charge in [-0.3, -0.25) is 0 Å². The molecular weight excluding hydrogens is 405 g/mol. The predicted octanol–water partition coefficient (Wildman–Crippen LogP) is 9.45. The van der Waals surface area contributed by atoms with Crippen LogP contribution in [0.2, 0.25) is 0 Å². The van der Waals surface area contributed by atoms with Crippen LogP contribution in [0.15, 0.2) is 61.3 Å². The van der Waals surface area contributed by atoms with Crippen molar-refractivity contribution in [2.45, 2.75) is 72.6 Å². The van der Waals surface area contributed by atoms with Crippen molar-refractivity contribution < 1.29 is 0 Å². The lowest BCUT2D eigenvalue weighted by atomic mass is 9.97. The summed E-state index contributed by atoms with van der Waals surface area (Å²) < 4.78 is 2.37. The largest absolute Gasteiger partial charge is 0.315 e. The molecule has 1 aromatic heterocycles. The molecule has 0 bridgehead atoms. The molecule has 3 rings (SSSR count). The van der Waals surface area contributed by atoms with Crippen LogP contribution in [-0.4, -0.2) is 21.0 Å². The Morgan fingerprint density at radius 1 is 0.906 bits per heavy atom. The Balaban J connectivity index is 2.19. The Labute approximate surface area is 197 Å². The third-order valence-corrected chi connectivity index (χ3v) is 10.1. The van der Waals surface area contributed by atoms with E-state index >= 15 is 0 Å². The van der Waals surface area contributed by atoms with Gasteiger partial charge in [0.15, 0.2) is 0 Å². The maximum atomic E-state index is 4.31. The van der Waals surface area contributed by atoms with E-state index in [1.54, 1.807) is 0 Å². The molecule has 2 aromatic carbocycles. The minimum absolute atomic E-state index is 0.175. The molecule has 170 valence electrons. The van der Waals surface area contributed by atoms with Gasteiger partial charge in [-0.05, 0) is 60.0 Å². The van der Waals surface area contributed by atoms with Gasteiger partial charge in [0.2, 0.25) is 0 Å². The van der Waals surface area contributed by atoms with Gasteiger partial charge in [-0.1, -0.05) is 98.5 Å². The molecule has 0 N–H and O–H groups in total. The van der Waals surface area contributed by atoms with E-state index in [0.29, 0.717) is 10.3 Å². The van der Waals surface area contributed by atoms with E-state index in [2.05, 4.69) is 128 Å². The molecule has 1 nitrogen and oxygen atoms in total. The van der Waals surface area contributed by atoms with E-state index in [9.17, 15) is 0 Å². The van der Waals surface area contributed by atoms with Crippen molar-refractivity contribution in [3.63, 3.8) is 0 Å². The van der Waals surface area contributed by atoms with Crippen LogP contribution < -0.4 is 0 Å². The molecule has 0 aliphatic rings. The molecule has 0 saturated carbocycles. The summed E-state index contributed by atoms with van der Waals surface area (Å²) in [6.07, 6.45) is 5.90. The minimum Gasteiger partial charge on any atom is -0.315 e. The zero-order valence-corrected chi connectivity index (χ0v) is 22.4. The van der Waals surface area contributed by atoms with Gasteiger partial charge < -0.3 is 4.57 Å². The Morgan fingerprint density at radius 3 is 2.09 bits per heavy atom. The second kappa shape index (κ2) is 9.03. The lowest BCUT2D eigenvalue weighted by molar-refractivity contribution is 0.707. The molecule has 0 unspecified atom stereocenters. The van der Waals surface area contributed by atoms with Crippen LogP contribution in [-0.2, 0) is 0 Å². The standard InChI is InChI=1S/C30H40NP/c1-21(2)24-15-13-16-26(22(3)18-19-32(29(5,6)7)30(8,9)10)28(24)31-20-23(4)25-14-11-12-17-27(25)31/h11-18,20H,1,19H2,2-10H3/b22-18-. The van der Waals surface area contributed by atoms with Gasteiger partial charge in [0, 0.05) is 22.7 Å². The van der Waals surface area contributed by atoms with Crippen molar-refractivity contribution in [1.82, 2.24) is 4.57 Å². The number of hydrogen-bond acceptors (Lipinski definition) is 0. The molecule has 32 heavy (non-hydrogen) atoms. The average molecular weight is 446 g/mol. The highest BCUT2D eigenvalue weighted by Gasteiger charge is 2.33. The first kappa shape index (κ1) is 24.5. The fourth-order valence-electron chi connectivity index (χ4n) is 4.89. The lowest BCUT2D eigenvalue weighted by Crippen LogP contribution is -2.26. The predicted molar refractivity (Wildman–Crippen MR) is 148 cm³/mol. The summed E-state index contributed by atoms with van der Waals surface area (Å²) in [6.45, 7) is 25.3.